The van der Waals surface area contributed by atoms with Crippen molar-refractivity contribution < 1.29 is 0 Å². The molecule has 0 amide bonds. The maximum Gasteiger partial charge on any atom is 0.00579 e. The van der Waals surface area contributed by atoms with Crippen LogP contribution in [0.2, 0.25) is 0 Å². The van der Waals surface area contributed by atoms with Gasteiger partial charge in [0.15, 0.2) is 0 Å². The summed E-state index contributed by atoms with van der Waals surface area (Å²) in [6.07, 6.45) is 3.44. The second-order valence-electron chi connectivity index (χ2n) is 4.50. The molecule has 0 saturated carbocycles. The van der Waals surface area contributed by atoms with E-state index in [2.05, 4.69) is 52.8 Å². The number of allylic oxidation sites excluding steroid dienone is 2. The molecule has 0 fully saturated rings. The Bertz CT molecular complexity index is 137. The minimum absolute atomic E-state index is 0.414. The first-order chi connectivity index (χ1) is 4.83. The standard InChI is InChI=1S/C10H21N/c1-9(11(5)6)7-8-10(2,3)4/h7H,8H2,1-6H3/b9-7+. The average molecular weight is 155 g/mol. The van der Waals surface area contributed by atoms with E-state index in [9.17, 15) is 0 Å². The molecule has 0 atom stereocenters. The van der Waals surface area contributed by atoms with Crippen molar-refractivity contribution in [2.75, 3.05) is 14.1 Å². The molecule has 0 aliphatic carbocycles. The molecule has 0 saturated heterocycles. The zero-order valence-corrected chi connectivity index (χ0v) is 8.73. The van der Waals surface area contributed by atoms with E-state index in [1.54, 1.807) is 0 Å². The molecule has 1 heteroatoms. The van der Waals surface area contributed by atoms with Gasteiger partial charge >= 0.3 is 0 Å². The van der Waals surface area contributed by atoms with Gasteiger partial charge in [-0.15, -0.1) is 0 Å². The molecule has 11 heavy (non-hydrogen) atoms. The summed E-state index contributed by atoms with van der Waals surface area (Å²) in [6.45, 7) is 8.91. The van der Waals surface area contributed by atoms with Crippen molar-refractivity contribution in [2.45, 2.75) is 34.1 Å². The first-order valence-electron chi connectivity index (χ1n) is 4.17. The van der Waals surface area contributed by atoms with Gasteiger partial charge in [-0.1, -0.05) is 26.8 Å². The second kappa shape index (κ2) is 3.80. The van der Waals surface area contributed by atoms with E-state index in [1.165, 1.54) is 5.70 Å². The maximum atomic E-state index is 2.29. The van der Waals surface area contributed by atoms with E-state index in [-0.39, 0.29) is 0 Å². The van der Waals surface area contributed by atoms with E-state index in [0.717, 1.165) is 6.42 Å². The Morgan fingerprint density at radius 3 is 2.00 bits per heavy atom. The summed E-state index contributed by atoms with van der Waals surface area (Å²) in [5.74, 6) is 0. The third-order valence-corrected chi connectivity index (χ3v) is 1.72. The maximum absolute atomic E-state index is 2.29. The Morgan fingerprint density at radius 2 is 1.73 bits per heavy atom. The lowest BCUT2D eigenvalue weighted by Crippen LogP contribution is -2.10. The topological polar surface area (TPSA) is 3.24 Å². The molecule has 0 aromatic heterocycles. The molecule has 0 aromatic carbocycles. The quantitative estimate of drug-likeness (QED) is 0.592. The Balaban J connectivity index is 3.93. The largest absolute Gasteiger partial charge is 0.381 e. The Kier molecular flexibility index (Phi) is 3.64. The lowest BCUT2D eigenvalue weighted by Gasteiger charge is -2.18. The molecule has 0 bridgehead atoms. The van der Waals surface area contributed by atoms with E-state index >= 15 is 0 Å². The van der Waals surface area contributed by atoms with Gasteiger partial charge in [-0.25, -0.2) is 0 Å². The van der Waals surface area contributed by atoms with Gasteiger partial charge in [-0.3, -0.25) is 0 Å². The Morgan fingerprint density at radius 1 is 1.27 bits per heavy atom. The molecule has 0 heterocycles. The predicted octanol–water partition coefficient (Wildman–Crippen LogP) is 2.89. The molecule has 0 aliphatic heterocycles. The van der Waals surface area contributed by atoms with Crippen LogP contribution in [0.1, 0.15) is 34.1 Å². The van der Waals surface area contributed by atoms with Crippen molar-refractivity contribution in [1.29, 1.82) is 0 Å². The molecular weight excluding hydrogens is 134 g/mol. The van der Waals surface area contributed by atoms with Crippen molar-refractivity contribution >= 4 is 0 Å². The molecule has 66 valence electrons. The van der Waals surface area contributed by atoms with E-state index < -0.39 is 0 Å². The molecule has 1 nitrogen and oxygen atoms in total. The van der Waals surface area contributed by atoms with Crippen LogP contribution in [-0.2, 0) is 0 Å². The highest BCUT2D eigenvalue weighted by Crippen LogP contribution is 2.19. The molecule has 0 spiro atoms. The summed E-state index contributed by atoms with van der Waals surface area (Å²) in [5.41, 5.74) is 1.76. The lowest BCUT2D eigenvalue weighted by atomic mass is 9.92. The van der Waals surface area contributed by atoms with Gasteiger partial charge in [0.05, 0.1) is 0 Å². The van der Waals surface area contributed by atoms with Crippen LogP contribution in [-0.4, -0.2) is 19.0 Å². The predicted molar refractivity (Wildman–Crippen MR) is 51.5 cm³/mol. The fourth-order valence-electron chi connectivity index (χ4n) is 0.636. The summed E-state index contributed by atoms with van der Waals surface area (Å²) < 4.78 is 0. The van der Waals surface area contributed by atoms with Crippen molar-refractivity contribution in [2.24, 2.45) is 5.41 Å². The molecule has 0 N–H and O–H groups in total. The van der Waals surface area contributed by atoms with Crippen LogP contribution < -0.4 is 0 Å². The summed E-state index contributed by atoms with van der Waals surface area (Å²) in [6, 6.07) is 0. The number of hydrogen-bond acceptors (Lipinski definition) is 1. The first kappa shape index (κ1) is 10.5. The summed E-state index contributed by atoms with van der Waals surface area (Å²) in [7, 11) is 4.16. The first-order valence-corrected chi connectivity index (χ1v) is 4.17. The van der Waals surface area contributed by atoms with Crippen LogP contribution in [0, 0.1) is 5.41 Å². The molecule has 0 rings (SSSR count). The summed E-state index contributed by atoms with van der Waals surface area (Å²) in [4.78, 5) is 2.14. The lowest BCUT2D eigenvalue weighted by molar-refractivity contribution is 0.412. The number of rotatable bonds is 2. The fraction of sp³-hybridized carbons (Fsp3) is 0.800. The fourth-order valence-corrected chi connectivity index (χ4v) is 0.636. The summed E-state index contributed by atoms with van der Waals surface area (Å²) in [5, 5.41) is 0. The second-order valence-corrected chi connectivity index (χ2v) is 4.50. The monoisotopic (exact) mass is 155 g/mol. The molecule has 0 radical (unpaired) electrons. The van der Waals surface area contributed by atoms with E-state index in [1.807, 2.05) is 0 Å². The Hall–Kier alpha value is -0.460. The van der Waals surface area contributed by atoms with E-state index in [4.69, 9.17) is 0 Å². The molecule has 0 aliphatic rings. The zero-order valence-electron chi connectivity index (χ0n) is 8.73. The van der Waals surface area contributed by atoms with Crippen LogP contribution in [0.3, 0.4) is 0 Å². The van der Waals surface area contributed by atoms with Gasteiger partial charge in [0.2, 0.25) is 0 Å². The minimum Gasteiger partial charge on any atom is -0.381 e. The molecule has 0 unspecified atom stereocenters. The number of nitrogens with zero attached hydrogens (tertiary/aromatic N) is 1. The third kappa shape index (κ3) is 5.96. The van der Waals surface area contributed by atoms with Gasteiger partial charge < -0.3 is 4.90 Å². The smallest absolute Gasteiger partial charge is 0.00579 e. The summed E-state index contributed by atoms with van der Waals surface area (Å²) >= 11 is 0. The van der Waals surface area contributed by atoms with Crippen molar-refractivity contribution in [3.8, 4) is 0 Å². The normalized spacial score (nSPS) is 13.5. The zero-order chi connectivity index (χ0) is 9.07. The third-order valence-electron chi connectivity index (χ3n) is 1.72. The van der Waals surface area contributed by atoms with Gasteiger partial charge in [-0.05, 0) is 18.8 Å². The van der Waals surface area contributed by atoms with Crippen LogP contribution in [0.15, 0.2) is 11.8 Å². The van der Waals surface area contributed by atoms with Crippen molar-refractivity contribution in [1.82, 2.24) is 4.90 Å². The van der Waals surface area contributed by atoms with Gasteiger partial charge in [0.1, 0.15) is 0 Å². The molecular formula is C10H21N. The Labute approximate surface area is 71.1 Å². The van der Waals surface area contributed by atoms with Gasteiger partial charge in [-0.2, -0.15) is 0 Å². The highest BCUT2D eigenvalue weighted by Gasteiger charge is 2.07. The van der Waals surface area contributed by atoms with Crippen LogP contribution >= 0.6 is 0 Å². The highest BCUT2D eigenvalue weighted by molar-refractivity contribution is 4.96. The van der Waals surface area contributed by atoms with Crippen molar-refractivity contribution in [3.05, 3.63) is 11.8 Å². The van der Waals surface area contributed by atoms with Gasteiger partial charge in [0, 0.05) is 19.8 Å². The number of hydrogen-bond donors (Lipinski definition) is 0. The molecule has 0 aromatic rings. The highest BCUT2D eigenvalue weighted by atomic mass is 15.1. The minimum atomic E-state index is 0.414. The van der Waals surface area contributed by atoms with Crippen LogP contribution in [0.4, 0.5) is 0 Å². The average Bonchev–Trinajstić information content (AvgIpc) is 1.80. The SMILES string of the molecule is C/C(=C\CC(C)(C)C)N(C)C. The van der Waals surface area contributed by atoms with E-state index in [0.29, 0.717) is 5.41 Å². The van der Waals surface area contributed by atoms with Crippen LogP contribution in [0.25, 0.3) is 0 Å². The van der Waals surface area contributed by atoms with Gasteiger partial charge in [0.25, 0.3) is 0 Å². The van der Waals surface area contributed by atoms with Crippen LogP contribution in [0.5, 0.6) is 0 Å². The van der Waals surface area contributed by atoms with Crippen molar-refractivity contribution in [3.63, 3.8) is 0 Å².